The van der Waals surface area contributed by atoms with E-state index in [1.54, 1.807) is 6.07 Å². The highest BCUT2D eigenvalue weighted by Crippen LogP contribution is 2.21. The molecule has 0 aromatic heterocycles. The molecule has 0 aliphatic rings. The van der Waals surface area contributed by atoms with Crippen LogP contribution in [0.1, 0.15) is 81.1 Å². The van der Waals surface area contributed by atoms with Crippen molar-refractivity contribution in [2.24, 2.45) is 0 Å². The molecule has 0 saturated heterocycles. The predicted molar refractivity (Wildman–Crippen MR) is 84.4 cm³/mol. The highest BCUT2D eigenvalue weighted by molar-refractivity contribution is 5.98. The summed E-state index contributed by atoms with van der Waals surface area (Å²) in [5.74, 6) is 0.196. The van der Waals surface area contributed by atoms with Crippen molar-refractivity contribution in [3.63, 3.8) is 0 Å². The zero-order valence-electron chi connectivity index (χ0n) is 13.0. The first-order chi connectivity index (χ1) is 9.69. The van der Waals surface area contributed by atoms with E-state index in [2.05, 4.69) is 13.8 Å². The molecule has 1 aromatic rings. The van der Waals surface area contributed by atoms with Gasteiger partial charge in [-0.2, -0.15) is 0 Å². The number of phenolic OH excluding ortho intramolecular Hbond substituents is 1. The maximum atomic E-state index is 12.1. The molecular weight excluding hydrogens is 248 g/mol. The zero-order chi connectivity index (χ0) is 14.8. The lowest BCUT2D eigenvalue weighted by Gasteiger charge is -2.06. The van der Waals surface area contributed by atoms with Crippen LogP contribution in [0.2, 0.25) is 0 Å². The van der Waals surface area contributed by atoms with Crippen molar-refractivity contribution in [1.29, 1.82) is 0 Å². The Hall–Kier alpha value is -1.31. The Labute approximate surface area is 123 Å². The Kier molecular flexibility index (Phi) is 8.01. The molecule has 0 aliphatic carbocycles. The fourth-order valence-electron chi connectivity index (χ4n) is 2.40. The quantitative estimate of drug-likeness (QED) is 0.466. The van der Waals surface area contributed by atoms with Gasteiger partial charge in [0, 0.05) is 6.42 Å². The molecule has 0 bridgehead atoms. The first kappa shape index (κ1) is 16.7. The van der Waals surface area contributed by atoms with Gasteiger partial charge in [0.2, 0.25) is 0 Å². The summed E-state index contributed by atoms with van der Waals surface area (Å²) < 4.78 is 0. The summed E-state index contributed by atoms with van der Waals surface area (Å²) in [7, 11) is 0. The molecule has 2 nitrogen and oxygen atoms in total. The van der Waals surface area contributed by atoms with Gasteiger partial charge in [-0.25, -0.2) is 0 Å². The van der Waals surface area contributed by atoms with Crippen molar-refractivity contribution < 1.29 is 9.90 Å². The van der Waals surface area contributed by atoms with E-state index in [1.807, 2.05) is 12.1 Å². The molecule has 0 unspecified atom stereocenters. The lowest BCUT2D eigenvalue weighted by molar-refractivity contribution is 0.0976. The molecule has 0 atom stereocenters. The van der Waals surface area contributed by atoms with Crippen LogP contribution in [0.4, 0.5) is 0 Å². The number of unbranched alkanes of at least 4 members (excludes halogenated alkanes) is 6. The number of aromatic hydroxyl groups is 1. The lowest BCUT2D eigenvalue weighted by Crippen LogP contribution is -2.00. The molecule has 1 aromatic carbocycles. The lowest BCUT2D eigenvalue weighted by atomic mass is 10.00. The number of phenols is 1. The van der Waals surface area contributed by atoms with Crippen LogP contribution >= 0.6 is 0 Å². The van der Waals surface area contributed by atoms with Crippen molar-refractivity contribution in [2.75, 3.05) is 0 Å². The Morgan fingerprint density at radius 2 is 1.65 bits per heavy atom. The molecule has 0 aliphatic heterocycles. The van der Waals surface area contributed by atoms with Gasteiger partial charge < -0.3 is 5.11 Å². The van der Waals surface area contributed by atoms with Crippen molar-refractivity contribution >= 4 is 5.78 Å². The second-order valence-corrected chi connectivity index (χ2v) is 5.50. The van der Waals surface area contributed by atoms with Crippen LogP contribution < -0.4 is 0 Å². The fraction of sp³-hybridized carbons (Fsp3) is 0.611. The molecule has 0 heterocycles. The van der Waals surface area contributed by atoms with Gasteiger partial charge >= 0.3 is 0 Å². The van der Waals surface area contributed by atoms with Crippen LogP contribution in [-0.2, 0) is 6.42 Å². The molecule has 1 rings (SSSR count). The van der Waals surface area contributed by atoms with Gasteiger partial charge in [0.05, 0.1) is 5.56 Å². The third-order valence-electron chi connectivity index (χ3n) is 3.78. The van der Waals surface area contributed by atoms with E-state index in [9.17, 15) is 9.90 Å². The minimum absolute atomic E-state index is 0.0753. The van der Waals surface area contributed by atoms with E-state index in [4.69, 9.17) is 0 Å². The number of carbonyl (C=O) groups is 1. The number of aryl methyl sites for hydroxylation is 1. The maximum Gasteiger partial charge on any atom is 0.166 e. The molecule has 112 valence electrons. The Morgan fingerprint density at radius 3 is 2.30 bits per heavy atom. The van der Waals surface area contributed by atoms with Crippen LogP contribution in [0.3, 0.4) is 0 Å². The van der Waals surface area contributed by atoms with Crippen LogP contribution in [-0.4, -0.2) is 10.9 Å². The van der Waals surface area contributed by atoms with Crippen LogP contribution in [0.15, 0.2) is 18.2 Å². The van der Waals surface area contributed by atoms with Gasteiger partial charge in [0.15, 0.2) is 5.78 Å². The van der Waals surface area contributed by atoms with Gasteiger partial charge in [-0.3, -0.25) is 4.79 Å². The minimum Gasteiger partial charge on any atom is -0.507 e. The number of ketones is 1. The maximum absolute atomic E-state index is 12.1. The normalized spacial score (nSPS) is 10.7. The van der Waals surface area contributed by atoms with E-state index in [0.717, 1.165) is 24.8 Å². The first-order valence-corrected chi connectivity index (χ1v) is 8.04. The van der Waals surface area contributed by atoms with Gasteiger partial charge in [-0.05, 0) is 30.5 Å². The third-order valence-corrected chi connectivity index (χ3v) is 3.78. The summed E-state index contributed by atoms with van der Waals surface area (Å²) >= 11 is 0. The average Bonchev–Trinajstić information content (AvgIpc) is 2.46. The molecule has 0 radical (unpaired) electrons. The number of benzene rings is 1. The standard InChI is InChI=1S/C18H28O2/c1-3-5-6-7-8-9-10-11-17(19)16-14-15(4-2)12-13-18(16)20/h12-14,20H,3-11H2,1-2H3. The van der Waals surface area contributed by atoms with Gasteiger partial charge in [0.25, 0.3) is 0 Å². The number of rotatable bonds is 10. The van der Waals surface area contributed by atoms with Gasteiger partial charge in [-0.1, -0.05) is 58.4 Å². The Bertz CT molecular complexity index is 410. The predicted octanol–water partition coefficient (Wildman–Crippen LogP) is 5.28. The zero-order valence-corrected chi connectivity index (χ0v) is 13.0. The SMILES string of the molecule is CCCCCCCCCC(=O)c1cc(CC)ccc1O. The summed E-state index contributed by atoms with van der Waals surface area (Å²) in [6, 6.07) is 5.34. The molecular formula is C18H28O2. The molecule has 0 fully saturated rings. The van der Waals surface area contributed by atoms with E-state index in [0.29, 0.717) is 12.0 Å². The van der Waals surface area contributed by atoms with E-state index >= 15 is 0 Å². The molecule has 0 spiro atoms. The van der Waals surface area contributed by atoms with E-state index < -0.39 is 0 Å². The smallest absolute Gasteiger partial charge is 0.166 e. The van der Waals surface area contributed by atoms with Crippen LogP contribution in [0.5, 0.6) is 5.75 Å². The summed E-state index contributed by atoms with van der Waals surface area (Å²) in [4.78, 5) is 12.1. The molecule has 0 saturated carbocycles. The summed E-state index contributed by atoms with van der Waals surface area (Å²) in [5.41, 5.74) is 1.60. The highest BCUT2D eigenvalue weighted by atomic mass is 16.3. The summed E-state index contributed by atoms with van der Waals surface area (Å²) in [5, 5.41) is 9.78. The van der Waals surface area contributed by atoms with Crippen molar-refractivity contribution in [2.45, 2.75) is 71.6 Å². The monoisotopic (exact) mass is 276 g/mol. The van der Waals surface area contributed by atoms with Crippen LogP contribution in [0.25, 0.3) is 0 Å². The fourth-order valence-corrected chi connectivity index (χ4v) is 2.40. The van der Waals surface area contributed by atoms with Crippen molar-refractivity contribution in [3.05, 3.63) is 29.3 Å². The van der Waals surface area contributed by atoms with Crippen LogP contribution in [0, 0.1) is 0 Å². The number of hydrogen-bond donors (Lipinski definition) is 1. The summed E-state index contributed by atoms with van der Waals surface area (Å²) in [6.45, 7) is 4.27. The molecule has 0 amide bonds. The Morgan fingerprint density at radius 1 is 1.00 bits per heavy atom. The number of hydrogen-bond acceptors (Lipinski definition) is 2. The average molecular weight is 276 g/mol. The number of Topliss-reactive ketones (excluding diaryl/α,β-unsaturated/α-hetero) is 1. The minimum atomic E-state index is 0.0753. The van der Waals surface area contributed by atoms with Gasteiger partial charge in [-0.15, -0.1) is 0 Å². The van der Waals surface area contributed by atoms with Crippen molar-refractivity contribution in [1.82, 2.24) is 0 Å². The third kappa shape index (κ3) is 5.77. The van der Waals surface area contributed by atoms with E-state index in [-0.39, 0.29) is 11.5 Å². The Balaban J connectivity index is 2.32. The largest absolute Gasteiger partial charge is 0.507 e. The van der Waals surface area contributed by atoms with E-state index in [1.165, 1.54) is 32.1 Å². The molecule has 20 heavy (non-hydrogen) atoms. The van der Waals surface area contributed by atoms with Crippen molar-refractivity contribution in [3.8, 4) is 5.75 Å². The second-order valence-electron chi connectivity index (χ2n) is 5.50. The first-order valence-electron chi connectivity index (χ1n) is 8.04. The molecule has 2 heteroatoms. The molecule has 1 N–H and O–H groups in total. The summed E-state index contributed by atoms with van der Waals surface area (Å²) in [6.07, 6.45) is 9.87. The topological polar surface area (TPSA) is 37.3 Å². The van der Waals surface area contributed by atoms with Gasteiger partial charge in [0.1, 0.15) is 5.75 Å². The number of carbonyl (C=O) groups excluding carboxylic acids is 1. The highest BCUT2D eigenvalue weighted by Gasteiger charge is 2.11. The second kappa shape index (κ2) is 9.57.